The molecule has 0 saturated heterocycles. The fraction of sp³-hybridized carbons (Fsp3) is 0.0204. The highest BCUT2D eigenvalue weighted by Gasteiger charge is 2.53. The molecule has 2 heteroatoms. The van der Waals surface area contributed by atoms with Crippen LogP contribution < -0.4 is 0 Å². The molecule has 0 fully saturated rings. The summed E-state index contributed by atoms with van der Waals surface area (Å²) < 4.78 is 0. The third-order valence-corrected chi connectivity index (χ3v) is 11.8. The van der Waals surface area contributed by atoms with Gasteiger partial charge in [-0.3, -0.25) is 0 Å². The van der Waals surface area contributed by atoms with Gasteiger partial charge in [-0.1, -0.05) is 146 Å². The van der Waals surface area contributed by atoms with E-state index in [0.29, 0.717) is 0 Å². The highest BCUT2D eigenvalue weighted by Crippen LogP contribution is 2.67. The number of hydrogen-bond donors (Lipinski definition) is 0. The van der Waals surface area contributed by atoms with E-state index in [-0.39, 0.29) is 0 Å². The van der Waals surface area contributed by atoms with Gasteiger partial charge in [0.1, 0.15) is 5.52 Å². The van der Waals surface area contributed by atoms with Crippen LogP contribution in [-0.4, -0.2) is 10.2 Å². The lowest BCUT2D eigenvalue weighted by Gasteiger charge is -2.31. The van der Waals surface area contributed by atoms with Gasteiger partial charge in [-0.25, -0.2) is 0 Å². The smallest absolute Gasteiger partial charge is 0.101 e. The van der Waals surface area contributed by atoms with Gasteiger partial charge in [0.2, 0.25) is 0 Å². The molecule has 0 amide bonds. The number of hydrogen-bond acceptors (Lipinski definition) is 2. The van der Waals surface area contributed by atoms with Crippen LogP contribution in [0.5, 0.6) is 0 Å². The number of fused-ring (bicyclic) bond motifs is 14. The molecule has 0 N–H and O–H groups in total. The lowest BCUT2D eigenvalue weighted by Crippen LogP contribution is -2.26. The van der Waals surface area contributed by atoms with Gasteiger partial charge in [-0.2, -0.15) is 5.10 Å². The maximum atomic E-state index is 4.60. The van der Waals surface area contributed by atoms with Crippen molar-refractivity contribution in [2.75, 3.05) is 0 Å². The van der Waals surface area contributed by atoms with Crippen molar-refractivity contribution in [1.82, 2.24) is 10.2 Å². The van der Waals surface area contributed by atoms with E-state index in [4.69, 9.17) is 0 Å². The number of benzene rings is 8. The largest absolute Gasteiger partial charge is 0.158 e. The zero-order chi connectivity index (χ0) is 33.3. The van der Waals surface area contributed by atoms with Gasteiger partial charge in [0, 0.05) is 10.9 Å². The van der Waals surface area contributed by atoms with E-state index in [2.05, 4.69) is 168 Å². The van der Waals surface area contributed by atoms with Gasteiger partial charge >= 0.3 is 0 Å². The molecule has 1 aromatic heterocycles. The molecule has 0 saturated carbocycles. The first kappa shape index (κ1) is 27.2. The molecule has 8 aromatic carbocycles. The molecular formula is C49H28N2. The van der Waals surface area contributed by atoms with Crippen molar-refractivity contribution in [3.63, 3.8) is 0 Å². The van der Waals surface area contributed by atoms with Gasteiger partial charge in [-0.15, -0.1) is 5.10 Å². The maximum Gasteiger partial charge on any atom is 0.101 e. The highest BCUT2D eigenvalue weighted by atomic mass is 15.1. The molecular weight excluding hydrogens is 617 g/mol. The molecule has 3 aliphatic carbocycles. The average Bonchev–Trinajstić information content (AvgIpc) is 3.80. The normalized spacial score (nSPS) is 13.6. The molecule has 0 bridgehead atoms. The van der Waals surface area contributed by atoms with Crippen LogP contribution in [-0.2, 0) is 5.41 Å². The fourth-order valence-electron chi connectivity index (χ4n) is 9.89. The van der Waals surface area contributed by atoms with Gasteiger partial charge < -0.3 is 0 Å². The van der Waals surface area contributed by atoms with E-state index < -0.39 is 5.41 Å². The molecule has 0 unspecified atom stereocenters. The van der Waals surface area contributed by atoms with Crippen molar-refractivity contribution in [2.24, 2.45) is 0 Å². The number of rotatable bonds is 2. The van der Waals surface area contributed by atoms with Crippen LogP contribution >= 0.6 is 0 Å². The zero-order valence-corrected chi connectivity index (χ0v) is 27.6. The van der Waals surface area contributed by atoms with E-state index in [9.17, 15) is 0 Å². The second-order valence-electron chi connectivity index (χ2n) is 14.0. The van der Waals surface area contributed by atoms with Crippen molar-refractivity contribution in [1.29, 1.82) is 0 Å². The van der Waals surface area contributed by atoms with Crippen molar-refractivity contribution >= 4 is 21.7 Å². The van der Waals surface area contributed by atoms with Gasteiger partial charge in [-0.05, 0) is 112 Å². The lowest BCUT2D eigenvalue weighted by molar-refractivity contribution is 0.794. The average molecular weight is 645 g/mol. The van der Waals surface area contributed by atoms with Crippen molar-refractivity contribution in [3.8, 4) is 66.8 Å². The van der Waals surface area contributed by atoms with Crippen molar-refractivity contribution in [2.45, 2.75) is 5.41 Å². The Morgan fingerprint density at radius 3 is 1.71 bits per heavy atom. The molecule has 1 spiro atoms. The zero-order valence-electron chi connectivity index (χ0n) is 27.6. The van der Waals surface area contributed by atoms with Crippen LogP contribution in [0, 0.1) is 0 Å². The quantitative estimate of drug-likeness (QED) is 0.187. The summed E-state index contributed by atoms with van der Waals surface area (Å²) in [5, 5.41) is 12.6. The molecule has 3 aliphatic rings. The van der Waals surface area contributed by atoms with Crippen LogP contribution in [0.2, 0.25) is 0 Å². The third-order valence-electron chi connectivity index (χ3n) is 11.8. The van der Waals surface area contributed by atoms with Gasteiger partial charge in [0.05, 0.1) is 11.6 Å². The third kappa shape index (κ3) is 3.32. The standard InChI is InChI=1S/C49H28N2/c1-4-22-40-34(16-1)35-17-2-5-23-41(35)49(40)42-24-6-3-18-37(42)47-43(49)28-39-36-20-8-11-29-12-9-21-38(44(29)36)46(39)45(47)32-15-7-14-31(27-32)33-19-10-13-30-25-26-50-51-48(30)33/h1-28H. The van der Waals surface area contributed by atoms with E-state index in [1.807, 2.05) is 6.07 Å². The number of nitrogens with zero attached hydrogens (tertiary/aromatic N) is 2. The number of aromatic nitrogens is 2. The summed E-state index contributed by atoms with van der Waals surface area (Å²) in [7, 11) is 0. The predicted octanol–water partition coefficient (Wildman–Crippen LogP) is 12.1. The molecule has 9 aromatic rings. The molecule has 0 aliphatic heterocycles. The molecule has 1 heterocycles. The summed E-state index contributed by atoms with van der Waals surface area (Å²) in [6.45, 7) is 0. The molecule has 0 atom stereocenters. The first-order valence-corrected chi connectivity index (χ1v) is 17.7. The van der Waals surface area contributed by atoms with Crippen molar-refractivity contribution in [3.05, 3.63) is 192 Å². The summed E-state index contributed by atoms with van der Waals surface area (Å²) >= 11 is 0. The molecule has 12 rings (SSSR count). The van der Waals surface area contributed by atoms with E-state index in [1.165, 1.54) is 88.7 Å². The molecule has 0 radical (unpaired) electrons. The monoisotopic (exact) mass is 644 g/mol. The van der Waals surface area contributed by atoms with Gasteiger partial charge in [0.15, 0.2) is 0 Å². The first-order chi connectivity index (χ1) is 25.3. The van der Waals surface area contributed by atoms with Crippen LogP contribution in [0.3, 0.4) is 0 Å². The SMILES string of the molecule is c1cc(-c2c3c(cc4c2-c2ccccc2C42c4ccccc4-c4ccccc42)-c2cccc4cccc-3c24)cc(-c2cccc3ccnnc23)c1. The Morgan fingerprint density at radius 1 is 0.353 bits per heavy atom. The predicted molar refractivity (Wildman–Crippen MR) is 209 cm³/mol. The minimum absolute atomic E-state index is 0.436. The van der Waals surface area contributed by atoms with Crippen LogP contribution in [0.15, 0.2) is 170 Å². The second kappa shape index (κ2) is 9.74. The second-order valence-corrected chi connectivity index (χ2v) is 14.0. The Hall–Kier alpha value is -6.64. The summed E-state index contributed by atoms with van der Waals surface area (Å²) in [5.74, 6) is 0. The summed E-state index contributed by atoms with van der Waals surface area (Å²) in [5.41, 5.74) is 21.2. The summed E-state index contributed by atoms with van der Waals surface area (Å²) in [4.78, 5) is 0. The van der Waals surface area contributed by atoms with Crippen molar-refractivity contribution < 1.29 is 0 Å². The van der Waals surface area contributed by atoms with Gasteiger partial charge in [0.25, 0.3) is 0 Å². The molecule has 2 nitrogen and oxygen atoms in total. The Balaban J connectivity index is 1.26. The Bertz CT molecular complexity index is 2930. The van der Waals surface area contributed by atoms with Crippen LogP contribution in [0.4, 0.5) is 0 Å². The summed E-state index contributed by atoms with van der Waals surface area (Å²) in [6, 6.07) is 61.1. The summed E-state index contributed by atoms with van der Waals surface area (Å²) in [6.07, 6.45) is 1.77. The topological polar surface area (TPSA) is 25.8 Å². The van der Waals surface area contributed by atoms with Crippen LogP contribution in [0.1, 0.15) is 22.3 Å². The highest BCUT2D eigenvalue weighted by molar-refractivity contribution is 6.21. The minimum Gasteiger partial charge on any atom is -0.158 e. The minimum atomic E-state index is -0.436. The van der Waals surface area contributed by atoms with E-state index in [0.717, 1.165) is 22.0 Å². The Labute approximate surface area is 295 Å². The van der Waals surface area contributed by atoms with E-state index in [1.54, 1.807) is 6.20 Å². The molecule has 51 heavy (non-hydrogen) atoms. The first-order valence-electron chi connectivity index (χ1n) is 17.7. The maximum absolute atomic E-state index is 4.60. The lowest BCUT2D eigenvalue weighted by atomic mass is 9.69. The fourth-order valence-corrected chi connectivity index (χ4v) is 9.89. The Kier molecular flexibility index (Phi) is 5.20. The molecule has 234 valence electrons. The Morgan fingerprint density at radius 2 is 0.941 bits per heavy atom. The van der Waals surface area contributed by atoms with Crippen LogP contribution in [0.25, 0.3) is 88.4 Å². The van der Waals surface area contributed by atoms with E-state index >= 15 is 0 Å².